The van der Waals surface area contributed by atoms with Gasteiger partial charge in [-0.25, -0.2) is 15.0 Å². The maximum absolute atomic E-state index is 11.9. The van der Waals surface area contributed by atoms with Gasteiger partial charge in [0.25, 0.3) is 0 Å². The van der Waals surface area contributed by atoms with Gasteiger partial charge in [0.2, 0.25) is 0 Å². The number of nitrogens with zero attached hydrogens (tertiary/aromatic N) is 4. The van der Waals surface area contributed by atoms with E-state index in [0.717, 1.165) is 11.8 Å². The number of nitrogens with two attached hydrogens (primary N) is 1. The van der Waals surface area contributed by atoms with E-state index < -0.39 is 13.9 Å². The van der Waals surface area contributed by atoms with Crippen molar-refractivity contribution in [1.82, 2.24) is 19.5 Å². The van der Waals surface area contributed by atoms with Crippen LogP contribution in [0.3, 0.4) is 0 Å². The fourth-order valence-electron chi connectivity index (χ4n) is 1.99. The number of nitrogen functional groups attached to an aromatic ring is 1. The van der Waals surface area contributed by atoms with E-state index in [1.807, 2.05) is 0 Å². The molecule has 3 N–H and O–H groups in total. The molecule has 138 valence electrons. The number of hydrogen-bond donors (Lipinski definition) is 2. The lowest BCUT2D eigenvalue weighted by molar-refractivity contribution is -0.109. The molecule has 0 amide bonds. The van der Waals surface area contributed by atoms with Crippen LogP contribution in [0.25, 0.3) is 11.2 Å². The number of imidazole rings is 1. The Morgan fingerprint density at radius 1 is 1.48 bits per heavy atom. The van der Waals surface area contributed by atoms with Crippen molar-refractivity contribution in [2.24, 2.45) is 0 Å². The fraction of sp³-hybridized carbons (Fsp3) is 0.538. The molecule has 1 unspecified atom stereocenters. The number of fused-ring (bicyclic) bond motifs is 1. The molecule has 0 bridgehead atoms. The molecule has 0 spiro atoms. The summed E-state index contributed by atoms with van der Waals surface area (Å²) in [4.78, 5) is 32.6. The molecule has 10 nitrogen and oxygen atoms in total. The van der Waals surface area contributed by atoms with Crippen LogP contribution < -0.4 is 5.73 Å². The monoisotopic (exact) mass is 389 g/mol. The molecule has 0 aliphatic heterocycles. The third-order valence-electron chi connectivity index (χ3n) is 3.09. The summed E-state index contributed by atoms with van der Waals surface area (Å²) in [5.74, 6) is 0.603. The minimum Gasteiger partial charge on any atom is -0.382 e. The van der Waals surface area contributed by atoms with Gasteiger partial charge in [0.15, 0.2) is 16.6 Å². The third kappa shape index (κ3) is 6.05. The van der Waals surface area contributed by atoms with Gasteiger partial charge in [-0.15, -0.1) is 0 Å². The second kappa shape index (κ2) is 8.72. The summed E-state index contributed by atoms with van der Waals surface area (Å²) in [6.45, 7) is 3.54. The van der Waals surface area contributed by atoms with Crippen LogP contribution in [0.2, 0.25) is 0 Å². The van der Waals surface area contributed by atoms with Crippen LogP contribution in [0.4, 0.5) is 5.82 Å². The number of rotatable bonds is 9. The van der Waals surface area contributed by atoms with Gasteiger partial charge in [0.1, 0.15) is 18.2 Å². The van der Waals surface area contributed by atoms with Crippen molar-refractivity contribution < 1.29 is 23.5 Å². The number of hydrogen-bond acceptors (Lipinski definition) is 9. The van der Waals surface area contributed by atoms with E-state index in [9.17, 15) is 14.3 Å². The van der Waals surface area contributed by atoms with Crippen molar-refractivity contribution >= 4 is 41.5 Å². The number of anilines is 1. The molecule has 2 atom stereocenters. The Morgan fingerprint density at radius 3 is 2.96 bits per heavy atom. The maximum Gasteiger partial charge on any atom is 0.353 e. The van der Waals surface area contributed by atoms with Gasteiger partial charge in [-0.3, -0.25) is 9.36 Å². The first-order valence-corrected chi connectivity index (χ1v) is 10.2. The van der Waals surface area contributed by atoms with Crippen LogP contribution in [0.5, 0.6) is 0 Å². The van der Waals surface area contributed by atoms with E-state index in [1.165, 1.54) is 13.3 Å². The molecule has 0 saturated carbocycles. The van der Waals surface area contributed by atoms with E-state index in [4.69, 9.17) is 15.0 Å². The van der Waals surface area contributed by atoms with Crippen molar-refractivity contribution in [3.8, 4) is 0 Å². The Labute approximate surface area is 148 Å². The van der Waals surface area contributed by atoms with Crippen molar-refractivity contribution in [2.75, 3.05) is 24.4 Å². The van der Waals surface area contributed by atoms with E-state index in [-0.39, 0.29) is 23.6 Å². The lowest BCUT2D eigenvalue weighted by atomic mass is 10.4. The average Bonchev–Trinajstić information content (AvgIpc) is 2.94. The van der Waals surface area contributed by atoms with Crippen LogP contribution in [0, 0.1) is 0 Å². The van der Waals surface area contributed by atoms with E-state index >= 15 is 0 Å². The summed E-state index contributed by atoms with van der Waals surface area (Å²) >= 11 is 1.03. The lowest BCUT2D eigenvalue weighted by Crippen LogP contribution is -2.17. The van der Waals surface area contributed by atoms with Gasteiger partial charge in [-0.1, -0.05) is 11.8 Å². The first-order chi connectivity index (χ1) is 11.8. The first-order valence-electron chi connectivity index (χ1n) is 7.41. The van der Waals surface area contributed by atoms with Crippen LogP contribution in [0.1, 0.15) is 13.8 Å². The van der Waals surface area contributed by atoms with E-state index in [1.54, 1.807) is 17.8 Å². The zero-order valence-electron chi connectivity index (χ0n) is 13.9. The quantitative estimate of drug-likeness (QED) is 0.475. The summed E-state index contributed by atoms with van der Waals surface area (Å²) in [7, 11) is -3.87. The molecule has 2 aromatic rings. The standard InChI is InChI=1S/C13H20N5O5PS/c1-9(22-8-24(20,21)23-3-4-25-10(2)19)5-18-7-17-11-12(14)15-6-16-13(11)18/h6-7,9H,3-5,8H2,1-2H3,(H,20,21)(H2,14,15,16)/t9-/m1/s1. The van der Waals surface area contributed by atoms with Crippen molar-refractivity contribution in [3.63, 3.8) is 0 Å². The molecular formula is C13H20N5O5PS. The number of carbonyl (C=O) groups excluding carboxylic acids is 1. The lowest BCUT2D eigenvalue weighted by Gasteiger charge is -2.17. The van der Waals surface area contributed by atoms with E-state index in [0.29, 0.717) is 23.5 Å². The second-order valence-electron chi connectivity index (χ2n) is 5.25. The zero-order valence-corrected chi connectivity index (χ0v) is 15.6. The van der Waals surface area contributed by atoms with Crippen molar-refractivity contribution in [3.05, 3.63) is 12.7 Å². The van der Waals surface area contributed by atoms with Gasteiger partial charge in [-0.2, -0.15) is 0 Å². The molecule has 0 aliphatic carbocycles. The smallest absolute Gasteiger partial charge is 0.353 e. The molecule has 0 fully saturated rings. The number of aromatic nitrogens is 4. The number of carbonyl (C=O) groups is 1. The molecule has 2 aromatic heterocycles. The Bertz CT molecular complexity index is 785. The van der Waals surface area contributed by atoms with Crippen LogP contribution in [-0.2, 0) is 25.2 Å². The van der Waals surface area contributed by atoms with Crippen LogP contribution in [-0.4, -0.2) is 54.3 Å². The highest BCUT2D eigenvalue weighted by atomic mass is 32.2. The minimum atomic E-state index is -3.87. The maximum atomic E-state index is 11.9. The molecule has 2 heterocycles. The van der Waals surface area contributed by atoms with Gasteiger partial charge in [0, 0.05) is 12.7 Å². The predicted molar refractivity (Wildman–Crippen MR) is 94.1 cm³/mol. The molecule has 0 aromatic carbocycles. The highest BCUT2D eigenvalue weighted by Gasteiger charge is 2.21. The molecule has 0 radical (unpaired) electrons. The highest BCUT2D eigenvalue weighted by molar-refractivity contribution is 8.13. The Kier molecular flexibility index (Phi) is 6.91. The number of thioether (sulfide) groups is 1. The molecule has 0 aliphatic rings. The molecule has 12 heteroatoms. The normalized spacial score (nSPS) is 15.2. The first kappa shape index (κ1) is 19.8. The van der Waals surface area contributed by atoms with Crippen molar-refractivity contribution in [1.29, 1.82) is 0 Å². The number of ether oxygens (including phenoxy) is 1. The van der Waals surface area contributed by atoms with Gasteiger partial charge in [0.05, 0.1) is 25.6 Å². The molecule has 0 saturated heterocycles. The van der Waals surface area contributed by atoms with Gasteiger partial charge >= 0.3 is 7.60 Å². The van der Waals surface area contributed by atoms with Crippen LogP contribution >= 0.6 is 19.4 Å². The average molecular weight is 389 g/mol. The van der Waals surface area contributed by atoms with Crippen LogP contribution in [0.15, 0.2) is 12.7 Å². The molecule has 25 heavy (non-hydrogen) atoms. The Morgan fingerprint density at radius 2 is 2.24 bits per heavy atom. The summed E-state index contributed by atoms with van der Waals surface area (Å²) in [6, 6.07) is 0. The Balaban J connectivity index is 1.83. The summed E-state index contributed by atoms with van der Waals surface area (Å²) in [5, 5.41) is -0.0711. The molecule has 2 rings (SSSR count). The highest BCUT2D eigenvalue weighted by Crippen LogP contribution is 2.42. The predicted octanol–water partition coefficient (Wildman–Crippen LogP) is 1.25. The SMILES string of the molecule is CC(=O)SCCOP(=O)(O)CO[C@H](C)Cn1cnc2c(N)ncnc21. The Hall–Kier alpha value is -1.52. The summed E-state index contributed by atoms with van der Waals surface area (Å²) < 4.78 is 23.9. The summed E-state index contributed by atoms with van der Waals surface area (Å²) in [6.07, 6.45) is 2.08. The molecular weight excluding hydrogens is 369 g/mol. The fourth-order valence-corrected chi connectivity index (χ4v) is 3.46. The van der Waals surface area contributed by atoms with Gasteiger partial charge < -0.3 is 24.5 Å². The second-order valence-corrected chi connectivity index (χ2v) is 8.31. The van der Waals surface area contributed by atoms with Crippen molar-refractivity contribution in [2.45, 2.75) is 26.5 Å². The summed E-state index contributed by atoms with van der Waals surface area (Å²) in [5.41, 5.74) is 6.78. The minimum absolute atomic E-state index is 0.00186. The van der Waals surface area contributed by atoms with E-state index in [2.05, 4.69) is 15.0 Å². The zero-order chi connectivity index (χ0) is 18.4. The topological polar surface area (TPSA) is 142 Å². The van der Waals surface area contributed by atoms with Gasteiger partial charge in [-0.05, 0) is 6.92 Å². The third-order valence-corrected chi connectivity index (χ3v) is 4.93. The largest absolute Gasteiger partial charge is 0.382 e.